The molecule has 128 valence electrons. The number of nitrogens with zero attached hydrogens (tertiary/aromatic N) is 1. The van der Waals surface area contributed by atoms with E-state index in [-0.39, 0.29) is 16.6 Å². The zero-order chi connectivity index (χ0) is 16.9. The first-order valence-electron chi connectivity index (χ1n) is 7.97. The van der Waals surface area contributed by atoms with Gasteiger partial charge in [0.05, 0.1) is 7.11 Å². The SMILES string of the molecule is CCNC(=O)c1ccc(OC)c(S(=O)(=O)N2CCCCCC2)c1. The zero-order valence-corrected chi connectivity index (χ0v) is 14.5. The third-order valence-corrected chi connectivity index (χ3v) is 5.87. The maximum atomic E-state index is 13.0. The van der Waals surface area contributed by atoms with Crippen LogP contribution >= 0.6 is 0 Å². The Balaban J connectivity index is 2.42. The van der Waals surface area contributed by atoms with Gasteiger partial charge in [-0.25, -0.2) is 8.42 Å². The van der Waals surface area contributed by atoms with Crippen molar-refractivity contribution in [1.82, 2.24) is 9.62 Å². The van der Waals surface area contributed by atoms with Crippen molar-refractivity contribution in [2.45, 2.75) is 37.5 Å². The molecule has 0 unspecified atom stereocenters. The van der Waals surface area contributed by atoms with E-state index in [2.05, 4.69) is 5.32 Å². The topological polar surface area (TPSA) is 75.7 Å². The number of sulfonamides is 1. The van der Waals surface area contributed by atoms with Gasteiger partial charge in [0.2, 0.25) is 10.0 Å². The molecule has 23 heavy (non-hydrogen) atoms. The molecule has 1 N–H and O–H groups in total. The van der Waals surface area contributed by atoms with Crippen LogP contribution in [0.2, 0.25) is 0 Å². The highest BCUT2D eigenvalue weighted by Crippen LogP contribution is 2.29. The number of carbonyl (C=O) groups is 1. The van der Waals surface area contributed by atoms with E-state index in [1.165, 1.54) is 23.5 Å². The molecule has 0 saturated carbocycles. The molecule has 0 bridgehead atoms. The first-order chi connectivity index (χ1) is 11.0. The maximum absolute atomic E-state index is 13.0. The van der Waals surface area contributed by atoms with Crippen LogP contribution in [-0.2, 0) is 10.0 Å². The van der Waals surface area contributed by atoms with Gasteiger partial charge < -0.3 is 10.1 Å². The molecular weight excluding hydrogens is 316 g/mol. The van der Waals surface area contributed by atoms with Gasteiger partial charge in [-0.2, -0.15) is 4.31 Å². The van der Waals surface area contributed by atoms with Crippen LogP contribution in [0, 0.1) is 0 Å². The van der Waals surface area contributed by atoms with Crippen molar-refractivity contribution >= 4 is 15.9 Å². The molecule has 1 aromatic rings. The molecule has 6 nitrogen and oxygen atoms in total. The minimum atomic E-state index is -3.67. The fourth-order valence-electron chi connectivity index (χ4n) is 2.70. The summed E-state index contributed by atoms with van der Waals surface area (Å²) in [5.41, 5.74) is 0.320. The Morgan fingerprint density at radius 2 is 1.87 bits per heavy atom. The molecular formula is C16H24N2O4S. The van der Waals surface area contributed by atoms with Gasteiger partial charge in [0.25, 0.3) is 5.91 Å². The summed E-state index contributed by atoms with van der Waals surface area (Å²) in [7, 11) is -2.24. The summed E-state index contributed by atoms with van der Waals surface area (Å²) in [6, 6.07) is 4.52. The predicted octanol–water partition coefficient (Wildman–Crippen LogP) is 2.01. The molecule has 0 aromatic heterocycles. The van der Waals surface area contributed by atoms with Crippen molar-refractivity contribution in [3.8, 4) is 5.75 Å². The molecule has 1 aliphatic heterocycles. The van der Waals surface area contributed by atoms with E-state index in [1.807, 2.05) is 6.92 Å². The van der Waals surface area contributed by atoms with Crippen LogP contribution in [0.3, 0.4) is 0 Å². The van der Waals surface area contributed by atoms with E-state index in [0.717, 1.165) is 25.7 Å². The van der Waals surface area contributed by atoms with Crippen LogP contribution in [0.5, 0.6) is 5.75 Å². The third-order valence-electron chi connectivity index (χ3n) is 3.95. The highest BCUT2D eigenvalue weighted by atomic mass is 32.2. The largest absolute Gasteiger partial charge is 0.495 e. The number of hydrogen-bond acceptors (Lipinski definition) is 4. The number of amides is 1. The fourth-order valence-corrected chi connectivity index (χ4v) is 4.40. The van der Waals surface area contributed by atoms with E-state index in [1.54, 1.807) is 6.07 Å². The van der Waals surface area contributed by atoms with E-state index >= 15 is 0 Å². The number of nitrogens with one attached hydrogen (secondary N) is 1. The Hall–Kier alpha value is -1.60. The second kappa shape index (κ2) is 7.79. The van der Waals surface area contributed by atoms with Crippen LogP contribution < -0.4 is 10.1 Å². The quantitative estimate of drug-likeness (QED) is 0.890. The van der Waals surface area contributed by atoms with E-state index in [9.17, 15) is 13.2 Å². The van der Waals surface area contributed by atoms with Crippen LogP contribution in [0.15, 0.2) is 23.1 Å². The minimum Gasteiger partial charge on any atom is -0.495 e. The first-order valence-corrected chi connectivity index (χ1v) is 9.41. The number of benzene rings is 1. The average Bonchev–Trinajstić information content (AvgIpc) is 2.84. The van der Waals surface area contributed by atoms with Crippen molar-refractivity contribution in [3.05, 3.63) is 23.8 Å². The van der Waals surface area contributed by atoms with Crippen LogP contribution in [0.25, 0.3) is 0 Å². The zero-order valence-electron chi connectivity index (χ0n) is 13.7. The molecule has 0 aliphatic carbocycles. The summed E-state index contributed by atoms with van der Waals surface area (Å²) in [5, 5.41) is 2.68. The number of ether oxygens (including phenoxy) is 1. The van der Waals surface area contributed by atoms with Crippen molar-refractivity contribution in [2.75, 3.05) is 26.7 Å². The lowest BCUT2D eigenvalue weighted by atomic mass is 10.2. The minimum absolute atomic E-state index is 0.0608. The van der Waals surface area contributed by atoms with E-state index < -0.39 is 10.0 Å². The van der Waals surface area contributed by atoms with Crippen LogP contribution in [0.1, 0.15) is 43.0 Å². The van der Waals surface area contributed by atoms with E-state index in [0.29, 0.717) is 25.2 Å². The summed E-state index contributed by atoms with van der Waals surface area (Å²) in [6.45, 7) is 3.32. The lowest BCUT2D eigenvalue weighted by Gasteiger charge is -2.21. The number of hydrogen-bond donors (Lipinski definition) is 1. The second-order valence-electron chi connectivity index (χ2n) is 5.54. The van der Waals surface area contributed by atoms with Gasteiger partial charge >= 0.3 is 0 Å². The van der Waals surface area contributed by atoms with Crippen molar-refractivity contribution < 1.29 is 17.9 Å². The van der Waals surface area contributed by atoms with Gasteiger partial charge in [-0.1, -0.05) is 12.8 Å². The highest BCUT2D eigenvalue weighted by molar-refractivity contribution is 7.89. The van der Waals surface area contributed by atoms with E-state index in [4.69, 9.17) is 4.74 Å². The van der Waals surface area contributed by atoms with Gasteiger partial charge in [-0.3, -0.25) is 4.79 Å². The summed E-state index contributed by atoms with van der Waals surface area (Å²) in [5.74, 6) is -0.0234. The molecule has 1 aromatic carbocycles. The molecule has 0 spiro atoms. The Labute approximate surface area is 137 Å². The van der Waals surface area contributed by atoms with Crippen LogP contribution in [0.4, 0.5) is 0 Å². The summed E-state index contributed by atoms with van der Waals surface area (Å²) >= 11 is 0. The van der Waals surface area contributed by atoms with Crippen molar-refractivity contribution in [3.63, 3.8) is 0 Å². The monoisotopic (exact) mass is 340 g/mol. The van der Waals surface area contributed by atoms with Crippen molar-refractivity contribution in [1.29, 1.82) is 0 Å². The molecule has 0 radical (unpaired) electrons. The standard InChI is InChI=1S/C16H24N2O4S/c1-3-17-16(19)13-8-9-14(22-2)15(12-13)23(20,21)18-10-6-4-5-7-11-18/h8-9,12H,3-7,10-11H2,1-2H3,(H,17,19). The summed E-state index contributed by atoms with van der Waals surface area (Å²) < 4.78 is 32.6. The summed E-state index contributed by atoms with van der Waals surface area (Å²) in [6.07, 6.45) is 3.80. The third kappa shape index (κ3) is 4.03. The molecule has 2 rings (SSSR count). The molecule has 1 fully saturated rings. The lowest BCUT2D eigenvalue weighted by molar-refractivity contribution is 0.0955. The van der Waals surface area contributed by atoms with Crippen molar-refractivity contribution in [2.24, 2.45) is 0 Å². The molecule has 1 aliphatic rings. The van der Waals surface area contributed by atoms with Gasteiger partial charge in [-0.15, -0.1) is 0 Å². The number of rotatable bonds is 5. The number of carbonyl (C=O) groups excluding carboxylic acids is 1. The van der Waals surface area contributed by atoms with Gasteiger partial charge in [0.1, 0.15) is 10.6 Å². The Kier molecular flexibility index (Phi) is 6.01. The fraction of sp³-hybridized carbons (Fsp3) is 0.562. The highest BCUT2D eigenvalue weighted by Gasteiger charge is 2.29. The lowest BCUT2D eigenvalue weighted by Crippen LogP contribution is -2.32. The first kappa shape index (κ1) is 17.7. The van der Waals surface area contributed by atoms with Gasteiger partial charge in [-0.05, 0) is 38.0 Å². The summed E-state index contributed by atoms with van der Waals surface area (Å²) in [4.78, 5) is 12.1. The molecule has 1 heterocycles. The molecule has 7 heteroatoms. The Bertz CT molecular complexity index is 650. The average molecular weight is 340 g/mol. The molecule has 0 atom stereocenters. The predicted molar refractivity (Wildman–Crippen MR) is 88.2 cm³/mol. The smallest absolute Gasteiger partial charge is 0.251 e. The van der Waals surface area contributed by atoms with Gasteiger partial charge in [0, 0.05) is 25.2 Å². The normalized spacial score (nSPS) is 16.6. The van der Waals surface area contributed by atoms with Crippen LogP contribution in [-0.4, -0.2) is 45.4 Å². The molecule has 1 amide bonds. The van der Waals surface area contributed by atoms with Gasteiger partial charge in [0.15, 0.2) is 0 Å². The molecule has 1 saturated heterocycles. The Morgan fingerprint density at radius 1 is 1.22 bits per heavy atom. The maximum Gasteiger partial charge on any atom is 0.251 e. The Morgan fingerprint density at radius 3 is 2.43 bits per heavy atom. The second-order valence-corrected chi connectivity index (χ2v) is 7.45. The number of methoxy groups -OCH3 is 1.